The topological polar surface area (TPSA) is 148 Å². The molecule has 59 heavy (non-hydrogen) atoms. The zero-order valence-electron chi connectivity index (χ0n) is 32.9. The Balaban J connectivity index is 1.05. The minimum Gasteiger partial charge on any atom is -0.489 e. The lowest BCUT2D eigenvalue weighted by molar-refractivity contribution is -0.138. The van der Waals surface area contributed by atoms with Gasteiger partial charge in [-0.2, -0.15) is 13.2 Å². The first kappa shape index (κ1) is 41.4. The average molecular weight is 831 g/mol. The number of alkyl halides is 3. The lowest BCUT2D eigenvalue weighted by Crippen LogP contribution is -2.53. The van der Waals surface area contributed by atoms with Gasteiger partial charge >= 0.3 is 6.18 Å². The van der Waals surface area contributed by atoms with Crippen LogP contribution in [0.1, 0.15) is 75.0 Å². The summed E-state index contributed by atoms with van der Waals surface area (Å²) in [6, 6.07) is 16.4. The third-order valence-electron chi connectivity index (χ3n) is 10.6. The summed E-state index contributed by atoms with van der Waals surface area (Å²) in [5, 5.41) is 10.2. The monoisotopic (exact) mass is 830 g/mol. The van der Waals surface area contributed by atoms with Crippen LogP contribution >= 0.6 is 12.6 Å². The van der Waals surface area contributed by atoms with Gasteiger partial charge in [-0.05, 0) is 68.1 Å². The third-order valence-corrected chi connectivity index (χ3v) is 11.1. The first-order valence-electron chi connectivity index (χ1n) is 19.3. The van der Waals surface area contributed by atoms with Crippen molar-refractivity contribution in [3.05, 3.63) is 100 Å². The molecular formula is C42H45F3N8O5S. The maximum Gasteiger partial charge on any atom is 0.419 e. The van der Waals surface area contributed by atoms with Crippen molar-refractivity contribution in [2.45, 2.75) is 63.9 Å². The number of pyridine rings is 1. The van der Waals surface area contributed by atoms with Crippen molar-refractivity contribution in [3.8, 4) is 5.75 Å². The molecule has 0 aliphatic carbocycles. The van der Waals surface area contributed by atoms with Crippen molar-refractivity contribution in [3.63, 3.8) is 0 Å². The summed E-state index contributed by atoms with van der Waals surface area (Å²) in [5.41, 5.74) is 3.71. The summed E-state index contributed by atoms with van der Waals surface area (Å²) >= 11 is 4.68. The van der Waals surface area contributed by atoms with E-state index in [0.29, 0.717) is 36.6 Å². The highest BCUT2D eigenvalue weighted by molar-refractivity contribution is 7.80. The number of carbonyl (C=O) groups excluding carboxylic acids is 4. The third kappa shape index (κ3) is 8.81. The number of imide groups is 1. The van der Waals surface area contributed by atoms with Crippen LogP contribution in [0.25, 0.3) is 0 Å². The van der Waals surface area contributed by atoms with Crippen LogP contribution in [0.3, 0.4) is 0 Å². The van der Waals surface area contributed by atoms with Crippen molar-refractivity contribution in [1.82, 2.24) is 25.4 Å². The van der Waals surface area contributed by atoms with E-state index in [1.165, 1.54) is 30.1 Å². The zero-order valence-corrected chi connectivity index (χ0v) is 33.8. The number of nitrogens with zero attached hydrogens (tertiary/aromatic N) is 4. The van der Waals surface area contributed by atoms with E-state index in [4.69, 9.17) is 4.74 Å². The van der Waals surface area contributed by atoms with Crippen LogP contribution < -0.4 is 30.9 Å². The Hall–Kier alpha value is -5.81. The van der Waals surface area contributed by atoms with Gasteiger partial charge in [0.25, 0.3) is 11.8 Å². The van der Waals surface area contributed by atoms with Crippen molar-refractivity contribution in [2.24, 2.45) is 0 Å². The zero-order chi connectivity index (χ0) is 42.2. The minimum atomic E-state index is -4.72. The standard InChI is InChI=1S/C42H45F3N8O5S/c1-23(2)58-35-20-34(24(3)17-32(35)49-36-19-31(29(21-47-36)42(43,44)45)48-30-8-6-5-7-27(30)38(55)46-4)52-15-13-51(14-16-52)22-25-9-10-26-28(18-25)40(57)53(41(26)59)33-11-12-37(54)50-39(33)56/h5-10,17-21,23,33,41,59H,11-16,22H2,1-4H3,(H,46,55)(H2,47,48,49)(H,50,54,56). The molecule has 310 valence electrons. The Labute approximate surface area is 345 Å². The lowest BCUT2D eigenvalue weighted by Gasteiger charge is -2.37. The number of benzene rings is 3. The number of rotatable bonds is 11. The van der Waals surface area contributed by atoms with Crippen LogP contribution in [0, 0.1) is 6.92 Å². The fourth-order valence-electron chi connectivity index (χ4n) is 7.70. The van der Waals surface area contributed by atoms with Crippen molar-refractivity contribution in [2.75, 3.05) is 48.8 Å². The number of amides is 4. The number of aromatic nitrogens is 1. The molecule has 2 fully saturated rings. The molecule has 2 atom stereocenters. The van der Waals surface area contributed by atoms with Crippen LogP contribution in [0.4, 0.5) is 41.7 Å². The predicted molar refractivity (Wildman–Crippen MR) is 221 cm³/mol. The molecule has 0 bridgehead atoms. The SMILES string of the molecule is CNC(=O)c1ccccc1Nc1cc(Nc2cc(C)c(N3CCN(Cc4ccc5c(c4)C(=O)N(C4CCC(=O)NC4=O)C5S)CC3)cc2OC(C)C)ncc1C(F)(F)F. The number of aryl methyl sites for hydroxylation is 1. The highest BCUT2D eigenvalue weighted by Gasteiger charge is 2.44. The Kier molecular flexibility index (Phi) is 11.8. The molecule has 17 heteroatoms. The van der Waals surface area contributed by atoms with Crippen LogP contribution in [0.2, 0.25) is 0 Å². The summed E-state index contributed by atoms with van der Waals surface area (Å²) in [6.45, 7) is 9.22. The van der Waals surface area contributed by atoms with Crippen LogP contribution in [0.15, 0.2) is 66.9 Å². The number of carbonyl (C=O) groups is 4. The van der Waals surface area contributed by atoms with Crippen LogP contribution in [-0.2, 0) is 22.3 Å². The summed E-state index contributed by atoms with van der Waals surface area (Å²) in [4.78, 5) is 60.4. The Bertz CT molecular complexity index is 2300. The molecule has 3 aliphatic heterocycles. The first-order chi connectivity index (χ1) is 28.1. The van der Waals surface area contributed by atoms with Gasteiger partial charge in [-0.15, -0.1) is 12.6 Å². The fourth-order valence-corrected chi connectivity index (χ4v) is 8.20. The Morgan fingerprint density at radius 3 is 2.42 bits per heavy atom. The van der Waals surface area contributed by atoms with Gasteiger partial charge in [-0.3, -0.25) is 29.4 Å². The maximum absolute atomic E-state index is 14.2. The number of thiol groups is 1. The van der Waals surface area contributed by atoms with Gasteiger partial charge in [0.05, 0.1) is 34.3 Å². The number of halogens is 3. The molecule has 2 unspecified atom stereocenters. The van der Waals surface area contributed by atoms with Gasteiger partial charge in [0.15, 0.2) is 0 Å². The second kappa shape index (κ2) is 16.8. The molecule has 0 saturated carbocycles. The van der Waals surface area contributed by atoms with E-state index in [2.05, 4.69) is 48.7 Å². The molecule has 3 aliphatic rings. The molecule has 7 rings (SSSR count). The Morgan fingerprint density at radius 1 is 0.983 bits per heavy atom. The van der Waals surface area contributed by atoms with Gasteiger partial charge in [0.2, 0.25) is 11.8 Å². The molecule has 4 aromatic rings. The molecule has 2 saturated heterocycles. The molecule has 4 amide bonds. The van der Waals surface area contributed by atoms with Crippen LogP contribution in [-0.4, -0.2) is 83.8 Å². The lowest BCUT2D eigenvalue weighted by atomic mass is 10.0. The van der Waals surface area contributed by atoms with Gasteiger partial charge < -0.3 is 30.5 Å². The van der Waals surface area contributed by atoms with Gasteiger partial charge in [-0.25, -0.2) is 4.98 Å². The number of hydrogen-bond acceptors (Lipinski definition) is 11. The van der Waals surface area contributed by atoms with Crippen LogP contribution in [0.5, 0.6) is 5.75 Å². The number of nitrogens with one attached hydrogen (secondary N) is 4. The number of piperazine rings is 1. The smallest absolute Gasteiger partial charge is 0.419 e. The van der Waals surface area contributed by atoms with E-state index in [1.807, 2.05) is 51.1 Å². The maximum atomic E-state index is 14.2. The average Bonchev–Trinajstić information content (AvgIpc) is 3.43. The second-order valence-corrected chi connectivity index (χ2v) is 15.5. The second-order valence-electron chi connectivity index (χ2n) is 15.0. The van der Waals surface area contributed by atoms with E-state index >= 15 is 0 Å². The quantitative estimate of drug-likeness (QED) is 0.0833. The number of fused-ring (bicyclic) bond motifs is 1. The number of piperidine rings is 1. The molecule has 13 nitrogen and oxygen atoms in total. The summed E-state index contributed by atoms with van der Waals surface area (Å²) < 4.78 is 48.8. The normalized spacial score (nSPS) is 18.5. The van der Waals surface area contributed by atoms with Crippen molar-refractivity contribution in [1.29, 1.82) is 0 Å². The van der Waals surface area contributed by atoms with Crippen molar-refractivity contribution >= 4 is 64.8 Å². The Morgan fingerprint density at radius 2 is 1.73 bits per heavy atom. The molecule has 1 aromatic heterocycles. The molecule has 0 spiro atoms. The fraction of sp³-hybridized carbons (Fsp3) is 0.357. The van der Waals surface area contributed by atoms with Crippen molar-refractivity contribution < 1.29 is 37.1 Å². The number of anilines is 5. The summed E-state index contributed by atoms with van der Waals surface area (Å²) in [5.74, 6) is -0.917. The van der Waals surface area contributed by atoms with Gasteiger partial charge in [-0.1, -0.05) is 24.3 Å². The summed E-state index contributed by atoms with van der Waals surface area (Å²) in [6.07, 6.45) is -3.75. The van der Waals surface area contributed by atoms with E-state index in [9.17, 15) is 32.3 Å². The van der Waals surface area contributed by atoms with Gasteiger partial charge in [0.1, 0.15) is 23.0 Å². The minimum absolute atomic E-state index is 0.133. The highest BCUT2D eigenvalue weighted by atomic mass is 32.1. The number of para-hydroxylation sites is 1. The van der Waals surface area contributed by atoms with E-state index < -0.39 is 35.0 Å². The molecule has 0 radical (unpaired) electrons. The van der Waals surface area contributed by atoms with E-state index in [1.54, 1.807) is 12.1 Å². The highest BCUT2D eigenvalue weighted by Crippen LogP contribution is 2.42. The number of hydrogen-bond donors (Lipinski definition) is 5. The summed E-state index contributed by atoms with van der Waals surface area (Å²) in [7, 11) is 1.45. The molecule has 3 aromatic carbocycles. The van der Waals surface area contributed by atoms with Gasteiger partial charge in [0, 0.05) is 75.8 Å². The van der Waals surface area contributed by atoms with E-state index in [0.717, 1.165) is 41.7 Å². The largest absolute Gasteiger partial charge is 0.489 e. The molecule has 4 heterocycles. The van der Waals surface area contributed by atoms with E-state index in [-0.39, 0.29) is 53.5 Å². The predicted octanol–water partition coefficient (Wildman–Crippen LogP) is 6.55. The molecular weight excluding hydrogens is 786 g/mol. The first-order valence-corrected chi connectivity index (χ1v) is 19.8. The molecule has 4 N–H and O–H groups in total. The number of ether oxygens (including phenoxy) is 1.